The molecule has 2 atom stereocenters. The summed E-state index contributed by atoms with van der Waals surface area (Å²) in [5.41, 5.74) is 1.19. The Bertz CT molecular complexity index is 1370. The Kier molecular flexibility index (Phi) is 7.59. The van der Waals surface area contributed by atoms with Crippen LogP contribution >= 0.6 is 0 Å². The first-order valence-electron chi connectivity index (χ1n) is 12.2. The van der Waals surface area contributed by atoms with Crippen molar-refractivity contribution in [3.8, 4) is 11.5 Å². The Morgan fingerprint density at radius 1 is 1.03 bits per heavy atom. The monoisotopic (exact) mass is 524 g/mol. The first kappa shape index (κ1) is 26.7. The fourth-order valence-electron chi connectivity index (χ4n) is 4.21. The van der Waals surface area contributed by atoms with Crippen molar-refractivity contribution < 1.29 is 27.8 Å². The Balaban J connectivity index is 1.63. The van der Waals surface area contributed by atoms with Crippen molar-refractivity contribution >= 4 is 21.6 Å². The first-order valence-corrected chi connectivity index (χ1v) is 13.7. The average molecular weight is 525 g/mol. The molecule has 9 heteroatoms. The molecule has 3 N–H and O–H groups in total. The second kappa shape index (κ2) is 10.5. The Morgan fingerprint density at radius 3 is 2.32 bits per heavy atom. The van der Waals surface area contributed by atoms with E-state index in [9.17, 15) is 18.3 Å². The molecule has 3 aromatic carbocycles. The van der Waals surface area contributed by atoms with Crippen molar-refractivity contribution in [2.75, 3.05) is 11.9 Å². The van der Waals surface area contributed by atoms with E-state index in [1.165, 1.54) is 0 Å². The topological polar surface area (TPSA) is 114 Å². The van der Waals surface area contributed by atoms with Gasteiger partial charge in [0.25, 0.3) is 5.91 Å². The number of hydrogen-bond donors (Lipinski definition) is 3. The SMILES string of the molecule is CCOc1ccc(NC(=O)c2ccc3c(c2)C(NS(=O)(=O)c2ccc(CC)cc2)[C@H](O)C(C)(C)O3)cc1. The smallest absolute Gasteiger partial charge is 0.255 e. The van der Waals surface area contributed by atoms with Crippen LogP contribution in [0, 0.1) is 0 Å². The summed E-state index contributed by atoms with van der Waals surface area (Å²) in [7, 11) is -3.98. The number of aliphatic hydroxyl groups excluding tert-OH is 1. The van der Waals surface area contributed by atoms with Crippen molar-refractivity contribution in [2.45, 2.75) is 56.8 Å². The zero-order chi connectivity index (χ0) is 26.8. The molecule has 1 heterocycles. The van der Waals surface area contributed by atoms with E-state index in [4.69, 9.17) is 9.47 Å². The van der Waals surface area contributed by atoms with Gasteiger partial charge in [-0.3, -0.25) is 4.79 Å². The van der Waals surface area contributed by atoms with Gasteiger partial charge in [0, 0.05) is 16.8 Å². The van der Waals surface area contributed by atoms with Crippen molar-refractivity contribution in [1.82, 2.24) is 4.72 Å². The number of anilines is 1. The Morgan fingerprint density at radius 2 is 1.70 bits per heavy atom. The van der Waals surface area contributed by atoms with E-state index in [-0.39, 0.29) is 10.8 Å². The normalized spacial score (nSPS) is 18.4. The van der Waals surface area contributed by atoms with E-state index >= 15 is 0 Å². The predicted octanol–water partition coefficient (Wildman–Crippen LogP) is 4.45. The summed E-state index contributed by atoms with van der Waals surface area (Å²) >= 11 is 0. The minimum atomic E-state index is -3.98. The van der Waals surface area contributed by atoms with Gasteiger partial charge in [0.1, 0.15) is 23.2 Å². The van der Waals surface area contributed by atoms with Crippen molar-refractivity contribution in [2.24, 2.45) is 0 Å². The standard InChI is InChI=1S/C28H32N2O6S/c1-5-18-7-14-22(15-8-18)37(33,34)30-25-23-17-19(9-16-24(23)36-28(3,4)26(25)31)27(32)29-20-10-12-21(13-11-20)35-6-2/h7-17,25-26,30-31H,5-6H2,1-4H3,(H,29,32)/t25?,26-/m0/s1. The maximum Gasteiger partial charge on any atom is 0.255 e. The summed E-state index contributed by atoms with van der Waals surface area (Å²) in [6.45, 7) is 7.79. The van der Waals surface area contributed by atoms with Crippen LogP contribution in [0.4, 0.5) is 5.69 Å². The van der Waals surface area contributed by atoms with Gasteiger partial charge in [0.2, 0.25) is 10.0 Å². The number of ether oxygens (including phenoxy) is 2. The number of benzene rings is 3. The summed E-state index contributed by atoms with van der Waals surface area (Å²) in [4.78, 5) is 13.1. The molecular weight excluding hydrogens is 492 g/mol. The molecule has 0 radical (unpaired) electrons. The molecule has 4 rings (SSSR count). The lowest BCUT2D eigenvalue weighted by Gasteiger charge is -2.42. The fraction of sp³-hybridized carbons (Fsp3) is 0.321. The molecule has 0 bridgehead atoms. The van der Waals surface area contributed by atoms with E-state index in [0.29, 0.717) is 34.9 Å². The van der Waals surface area contributed by atoms with Crippen molar-refractivity contribution in [3.05, 3.63) is 83.4 Å². The lowest BCUT2D eigenvalue weighted by molar-refractivity contribution is -0.0603. The third-order valence-corrected chi connectivity index (χ3v) is 7.81. The van der Waals surface area contributed by atoms with Gasteiger partial charge in [-0.05, 0) is 87.4 Å². The summed E-state index contributed by atoms with van der Waals surface area (Å²) in [6, 6.07) is 17.3. The molecule has 0 saturated carbocycles. The Labute approximate surface area is 217 Å². The minimum absolute atomic E-state index is 0.0899. The van der Waals surface area contributed by atoms with Gasteiger partial charge in [-0.2, -0.15) is 0 Å². The zero-order valence-electron chi connectivity index (χ0n) is 21.3. The number of hydrogen-bond acceptors (Lipinski definition) is 6. The van der Waals surface area contributed by atoms with E-state index in [0.717, 1.165) is 12.0 Å². The summed E-state index contributed by atoms with van der Waals surface area (Å²) in [5.74, 6) is 0.701. The number of rotatable bonds is 8. The molecule has 1 aliphatic heterocycles. The number of amides is 1. The molecule has 0 saturated heterocycles. The quantitative estimate of drug-likeness (QED) is 0.401. The molecule has 0 aliphatic carbocycles. The average Bonchev–Trinajstić information content (AvgIpc) is 2.87. The van der Waals surface area contributed by atoms with Gasteiger partial charge in [-0.15, -0.1) is 0 Å². The molecular formula is C28H32N2O6S. The molecule has 8 nitrogen and oxygen atoms in total. The van der Waals surface area contributed by atoms with Crippen LogP contribution in [-0.4, -0.2) is 37.7 Å². The number of carbonyl (C=O) groups excluding carboxylic acids is 1. The van der Waals surface area contributed by atoms with E-state index < -0.39 is 27.8 Å². The van der Waals surface area contributed by atoms with Gasteiger partial charge in [-0.1, -0.05) is 19.1 Å². The van der Waals surface area contributed by atoms with Crippen LogP contribution in [0.15, 0.2) is 71.6 Å². The lowest BCUT2D eigenvalue weighted by atomic mass is 9.86. The second-order valence-corrected chi connectivity index (χ2v) is 11.1. The molecule has 0 spiro atoms. The lowest BCUT2D eigenvalue weighted by Crippen LogP contribution is -2.53. The van der Waals surface area contributed by atoms with Crippen LogP contribution in [0.2, 0.25) is 0 Å². The first-order chi connectivity index (χ1) is 17.5. The summed E-state index contributed by atoms with van der Waals surface area (Å²) in [5, 5.41) is 13.9. The predicted molar refractivity (Wildman–Crippen MR) is 142 cm³/mol. The van der Waals surface area contributed by atoms with Gasteiger partial charge in [0.05, 0.1) is 17.5 Å². The number of sulfonamides is 1. The fourth-order valence-corrected chi connectivity index (χ4v) is 5.43. The summed E-state index contributed by atoms with van der Waals surface area (Å²) < 4.78 is 40.5. The third kappa shape index (κ3) is 5.79. The van der Waals surface area contributed by atoms with E-state index in [1.54, 1.807) is 80.6 Å². The van der Waals surface area contributed by atoms with Gasteiger partial charge in [0.15, 0.2) is 0 Å². The highest BCUT2D eigenvalue weighted by Crippen LogP contribution is 2.41. The Hall–Kier alpha value is -3.40. The zero-order valence-corrected chi connectivity index (χ0v) is 22.1. The van der Waals surface area contributed by atoms with Crippen LogP contribution in [0.1, 0.15) is 55.2 Å². The maximum absolute atomic E-state index is 13.2. The van der Waals surface area contributed by atoms with Crippen LogP contribution in [0.3, 0.4) is 0 Å². The highest BCUT2D eigenvalue weighted by Gasteiger charge is 2.44. The number of aliphatic hydroxyl groups is 1. The number of aryl methyl sites for hydroxylation is 1. The molecule has 1 aliphatic rings. The number of carbonyl (C=O) groups is 1. The highest BCUT2D eigenvalue weighted by molar-refractivity contribution is 7.89. The van der Waals surface area contributed by atoms with Crippen molar-refractivity contribution in [1.29, 1.82) is 0 Å². The highest BCUT2D eigenvalue weighted by atomic mass is 32.2. The van der Waals surface area contributed by atoms with Gasteiger partial charge in [-0.25, -0.2) is 13.1 Å². The van der Waals surface area contributed by atoms with E-state index in [2.05, 4.69) is 10.0 Å². The van der Waals surface area contributed by atoms with Crippen LogP contribution in [-0.2, 0) is 16.4 Å². The third-order valence-electron chi connectivity index (χ3n) is 6.36. The molecule has 3 aromatic rings. The molecule has 1 amide bonds. The molecule has 0 fully saturated rings. The summed E-state index contributed by atoms with van der Waals surface area (Å²) in [6.07, 6.45) is -0.427. The molecule has 1 unspecified atom stereocenters. The van der Waals surface area contributed by atoms with Crippen LogP contribution < -0.4 is 19.5 Å². The number of fused-ring (bicyclic) bond motifs is 1. The van der Waals surface area contributed by atoms with Gasteiger partial charge < -0.3 is 19.9 Å². The van der Waals surface area contributed by atoms with Crippen molar-refractivity contribution in [3.63, 3.8) is 0 Å². The number of nitrogens with one attached hydrogen (secondary N) is 2. The molecule has 37 heavy (non-hydrogen) atoms. The molecule has 196 valence electrons. The van der Waals surface area contributed by atoms with Crippen LogP contribution in [0.25, 0.3) is 0 Å². The maximum atomic E-state index is 13.2. The molecule has 0 aromatic heterocycles. The van der Waals surface area contributed by atoms with Crippen LogP contribution in [0.5, 0.6) is 11.5 Å². The minimum Gasteiger partial charge on any atom is -0.494 e. The largest absolute Gasteiger partial charge is 0.494 e. The van der Waals surface area contributed by atoms with E-state index in [1.807, 2.05) is 13.8 Å². The van der Waals surface area contributed by atoms with Gasteiger partial charge >= 0.3 is 0 Å². The second-order valence-electron chi connectivity index (χ2n) is 9.41.